The highest BCUT2D eigenvalue weighted by Gasteiger charge is 2.34. The van der Waals surface area contributed by atoms with Crippen molar-refractivity contribution in [1.82, 2.24) is 9.78 Å². The minimum absolute atomic E-state index is 0.0737. The monoisotopic (exact) mass is 465 g/mol. The van der Waals surface area contributed by atoms with Crippen LogP contribution in [-0.2, 0) is 16.0 Å². The Labute approximate surface area is 204 Å². The van der Waals surface area contributed by atoms with Crippen LogP contribution in [0.5, 0.6) is 5.88 Å². The molecule has 1 N–H and O–H groups in total. The Morgan fingerprint density at radius 1 is 0.971 bits per heavy atom. The van der Waals surface area contributed by atoms with Crippen LogP contribution in [0.1, 0.15) is 42.5 Å². The number of esters is 1. The maximum absolute atomic E-state index is 12.5. The van der Waals surface area contributed by atoms with Gasteiger partial charge < -0.3 is 10.1 Å². The van der Waals surface area contributed by atoms with Crippen LogP contribution in [-0.4, -0.2) is 21.7 Å². The Morgan fingerprint density at radius 2 is 1.66 bits per heavy atom. The maximum Gasteiger partial charge on any atom is 0.309 e. The molecule has 1 aliphatic carbocycles. The van der Waals surface area contributed by atoms with E-state index in [-0.39, 0.29) is 5.91 Å². The van der Waals surface area contributed by atoms with Crippen LogP contribution < -0.4 is 10.1 Å². The Kier molecular flexibility index (Phi) is 6.19. The number of benzene rings is 3. The lowest BCUT2D eigenvalue weighted by molar-refractivity contribution is -0.132. The van der Waals surface area contributed by atoms with Crippen molar-refractivity contribution in [1.29, 1.82) is 0 Å². The van der Waals surface area contributed by atoms with E-state index in [1.807, 2.05) is 85.8 Å². The van der Waals surface area contributed by atoms with Gasteiger partial charge in [-0.15, -0.1) is 0 Å². The highest BCUT2D eigenvalue weighted by molar-refractivity contribution is 5.92. The minimum Gasteiger partial charge on any atom is -0.407 e. The Balaban J connectivity index is 1.47. The molecule has 0 saturated heterocycles. The van der Waals surface area contributed by atoms with Gasteiger partial charge in [0.2, 0.25) is 11.8 Å². The molecule has 0 unspecified atom stereocenters. The average molecular weight is 466 g/mol. The van der Waals surface area contributed by atoms with E-state index in [0.29, 0.717) is 23.9 Å². The van der Waals surface area contributed by atoms with Crippen molar-refractivity contribution >= 4 is 17.6 Å². The van der Waals surface area contributed by atoms with E-state index < -0.39 is 5.97 Å². The number of aromatic nitrogens is 2. The first-order chi connectivity index (χ1) is 17.0. The van der Waals surface area contributed by atoms with Crippen LogP contribution >= 0.6 is 0 Å². The highest BCUT2D eigenvalue weighted by Crippen LogP contribution is 2.48. The summed E-state index contributed by atoms with van der Waals surface area (Å²) in [6, 6.07) is 25.2. The number of nitrogens with one attached hydrogen (secondary N) is 1. The van der Waals surface area contributed by atoms with Crippen LogP contribution in [0.15, 0.2) is 78.9 Å². The van der Waals surface area contributed by atoms with E-state index in [0.717, 1.165) is 46.5 Å². The van der Waals surface area contributed by atoms with Crippen LogP contribution in [0, 0.1) is 6.92 Å². The smallest absolute Gasteiger partial charge is 0.309 e. The summed E-state index contributed by atoms with van der Waals surface area (Å²) in [5, 5.41) is 7.85. The van der Waals surface area contributed by atoms with E-state index in [2.05, 4.69) is 5.32 Å². The zero-order valence-corrected chi connectivity index (χ0v) is 19.8. The summed E-state index contributed by atoms with van der Waals surface area (Å²) < 4.78 is 7.45. The second-order valence-corrected chi connectivity index (χ2v) is 8.97. The molecule has 3 aromatic carbocycles. The molecule has 0 aliphatic heterocycles. The molecule has 4 aromatic rings. The highest BCUT2D eigenvalue weighted by atomic mass is 16.5. The fourth-order valence-corrected chi connectivity index (χ4v) is 4.13. The predicted octanol–water partition coefficient (Wildman–Crippen LogP) is 5.83. The number of anilines is 1. The van der Waals surface area contributed by atoms with Crippen molar-refractivity contribution in [2.75, 3.05) is 5.32 Å². The number of carbonyl (C=O) groups excluding carboxylic acids is 2. The molecule has 6 heteroatoms. The van der Waals surface area contributed by atoms with Gasteiger partial charge in [-0.3, -0.25) is 9.59 Å². The molecule has 176 valence electrons. The maximum atomic E-state index is 12.5. The van der Waals surface area contributed by atoms with Gasteiger partial charge in [0.05, 0.1) is 23.4 Å². The number of amides is 1. The molecule has 1 fully saturated rings. The topological polar surface area (TPSA) is 73.2 Å². The molecule has 1 amide bonds. The average Bonchev–Trinajstić information content (AvgIpc) is 3.62. The Bertz CT molecular complexity index is 1350. The lowest BCUT2D eigenvalue weighted by Crippen LogP contribution is -2.14. The first-order valence-electron chi connectivity index (χ1n) is 11.8. The van der Waals surface area contributed by atoms with Gasteiger partial charge in [-0.2, -0.15) is 9.78 Å². The molecule has 0 bridgehead atoms. The molecule has 0 atom stereocenters. The van der Waals surface area contributed by atoms with Gasteiger partial charge in [0, 0.05) is 18.5 Å². The lowest BCUT2D eigenvalue weighted by Gasteiger charge is -2.11. The number of hydrogen-bond donors (Lipinski definition) is 1. The molecule has 1 saturated carbocycles. The van der Waals surface area contributed by atoms with Crippen LogP contribution in [0.2, 0.25) is 0 Å². The Hall–Kier alpha value is -4.19. The van der Waals surface area contributed by atoms with E-state index in [1.165, 1.54) is 6.92 Å². The van der Waals surface area contributed by atoms with E-state index in [1.54, 1.807) is 4.68 Å². The zero-order valence-electron chi connectivity index (χ0n) is 19.8. The number of carbonyl (C=O) groups is 2. The third-order valence-electron chi connectivity index (χ3n) is 6.02. The van der Waals surface area contributed by atoms with Gasteiger partial charge >= 0.3 is 5.97 Å². The first kappa shape index (κ1) is 22.6. The van der Waals surface area contributed by atoms with Crippen molar-refractivity contribution in [3.05, 3.63) is 95.7 Å². The zero-order chi connectivity index (χ0) is 24.4. The molecule has 35 heavy (non-hydrogen) atoms. The van der Waals surface area contributed by atoms with Crippen molar-refractivity contribution in [3.8, 4) is 22.7 Å². The summed E-state index contributed by atoms with van der Waals surface area (Å²) in [5.74, 6) is 0.294. The van der Waals surface area contributed by atoms with Gasteiger partial charge in [-0.25, -0.2) is 0 Å². The van der Waals surface area contributed by atoms with Gasteiger partial charge in [0.15, 0.2) is 0 Å². The van der Waals surface area contributed by atoms with Crippen molar-refractivity contribution in [3.63, 3.8) is 0 Å². The lowest BCUT2D eigenvalue weighted by atomic mass is 10.0. The second kappa shape index (κ2) is 9.58. The van der Waals surface area contributed by atoms with Gasteiger partial charge in [0.1, 0.15) is 0 Å². The van der Waals surface area contributed by atoms with Gasteiger partial charge in [-0.05, 0) is 55.2 Å². The number of ether oxygens (including phenoxy) is 1. The quantitative estimate of drug-likeness (QED) is 0.349. The molecule has 5 rings (SSSR count). The molecule has 0 radical (unpaired) electrons. The van der Waals surface area contributed by atoms with Gasteiger partial charge in [0.25, 0.3) is 0 Å². The molecule has 1 aliphatic rings. The molecule has 1 heterocycles. The van der Waals surface area contributed by atoms with Crippen molar-refractivity contribution in [2.45, 2.75) is 39.0 Å². The van der Waals surface area contributed by atoms with Crippen LogP contribution in [0.3, 0.4) is 0 Å². The molecule has 6 nitrogen and oxygen atoms in total. The largest absolute Gasteiger partial charge is 0.407 e. The molecular weight excluding hydrogens is 438 g/mol. The summed E-state index contributed by atoms with van der Waals surface area (Å²) in [7, 11) is 0. The van der Waals surface area contributed by atoms with E-state index in [4.69, 9.17) is 9.84 Å². The summed E-state index contributed by atoms with van der Waals surface area (Å²) in [4.78, 5) is 24.5. The fourth-order valence-electron chi connectivity index (χ4n) is 4.13. The third-order valence-corrected chi connectivity index (χ3v) is 6.02. The first-order valence-corrected chi connectivity index (χ1v) is 11.8. The summed E-state index contributed by atoms with van der Waals surface area (Å²) in [6.07, 6.45) is 2.43. The summed E-state index contributed by atoms with van der Waals surface area (Å²) in [6.45, 7) is 3.43. The van der Waals surface area contributed by atoms with Gasteiger partial charge in [-0.1, -0.05) is 60.2 Å². The molecular formula is C29H27N3O3. The number of nitrogens with zero attached hydrogens (tertiary/aromatic N) is 2. The number of aryl methyl sites for hydroxylation is 1. The standard InChI is InChI=1S/C29H27N3O3/c1-19-8-16-25(17-9-19)32-29(35-20(2)33)27(28(31-32)23-10-11-23)22-12-14-24(15-13-22)30-26(34)18-21-6-4-3-5-7-21/h3-9,12-17,23H,10-11,18H2,1-2H3,(H,30,34). The van der Waals surface area contributed by atoms with E-state index >= 15 is 0 Å². The number of hydrogen-bond acceptors (Lipinski definition) is 4. The normalized spacial score (nSPS) is 12.9. The second-order valence-electron chi connectivity index (χ2n) is 8.97. The van der Waals surface area contributed by atoms with Crippen LogP contribution in [0.25, 0.3) is 16.8 Å². The predicted molar refractivity (Wildman–Crippen MR) is 136 cm³/mol. The fraction of sp³-hybridized carbons (Fsp3) is 0.207. The van der Waals surface area contributed by atoms with E-state index in [9.17, 15) is 9.59 Å². The third kappa shape index (κ3) is 5.17. The van der Waals surface area contributed by atoms with Crippen molar-refractivity contribution < 1.29 is 14.3 Å². The Morgan fingerprint density at radius 3 is 2.29 bits per heavy atom. The van der Waals surface area contributed by atoms with Crippen molar-refractivity contribution in [2.24, 2.45) is 0 Å². The van der Waals surface area contributed by atoms with Crippen LogP contribution in [0.4, 0.5) is 5.69 Å². The summed E-state index contributed by atoms with van der Waals surface area (Å²) in [5.41, 5.74) is 6.30. The molecule has 0 spiro atoms. The number of rotatable bonds is 7. The minimum atomic E-state index is -0.397. The summed E-state index contributed by atoms with van der Waals surface area (Å²) >= 11 is 0. The SMILES string of the molecule is CC(=O)Oc1c(-c2ccc(NC(=O)Cc3ccccc3)cc2)c(C2CC2)nn1-c1ccc(C)cc1. The molecule has 1 aromatic heterocycles.